The van der Waals surface area contributed by atoms with Crippen molar-refractivity contribution in [1.82, 2.24) is 4.90 Å². The van der Waals surface area contributed by atoms with Gasteiger partial charge in [0, 0.05) is 6.54 Å². The predicted octanol–water partition coefficient (Wildman–Crippen LogP) is 3.77. The number of hydrogen-bond donors (Lipinski definition) is 0. The summed E-state index contributed by atoms with van der Waals surface area (Å²) in [4.78, 5) is 2.59. The molecule has 0 aliphatic carbocycles. The van der Waals surface area contributed by atoms with E-state index in [0.717, 1.165) is 6.42 Å². The van der Waals surface area contributed by atoms with Crippen LogP contribution >= 0.6 is 0 Å². The Morgan fingerprint density at radius 3 is 2.40 bits per heavy atom. The normalized spacial score (nSPS) is 18.4. The van der Waals surface area contributed by atoms with Gasteiger partial charge in [0.15, 0.2) is 0 Å². The maximum atomic E-state index is 3.73. The zero-order valence-electron chi connectivity index (χ0n) is 9.96. The van der Waals surface area contributed by atoms with Gasteiger partial charge < -0.3 is 4.90 Å². The van der Waals surface area contributed by atoms with E-state index in [1.54, 1.807) is 0 Å². The molecule has 1 saturated heterocycles. The number of hydrogen-bond acceptors (Lipinski definition) is 1. The Hall–Kier alpha value is -0.560. The average Bonchev–Trinajstić information content (AvgIpc) is 2.29. The molecule has 86 valence electrons. The van der Waals surface area contributed by atoms with E-state index in [1.165, 1.54) is 58.2 Å². The molecule has 0 unspecified atom stereocenters. The van der Waals surface area contributed by atoms with Gasteiger partial charge in [0.05, 0.1) is 0 Å². The monoisotopic (exact) mass is 207 g/mol. The first-order valence-electron chi connectivity index (χ1n) is 6.42. The fourth-order valence-electron chi connectivity index (χ4n) is 2.06. The second kappa shape index (κ2) is 8.72. The van der Waals surface area contributed by atoms with Gasteiger partial charge in [-0.1, -0.05) is 24.6 Å². The smallest absolute Gasteiger partial charge is 0.00159 e. The molecule has 0 N–H and O–H groups in total. The second-order valence-corrected chi connectivity index (χ2v) is 4.38. The van der Waals surface area contributed by atoms with Crippen LogP contribution in [0.4, 0.5) is 0 Å². The van der Waals surface area contributed by atoms with Crippen LogP contribution in [0.2, 0.25) is 0 Å². The summed E-state index contributed by atoms with van der Waals surface area (Å²) in [5.41, 5.74) is 0. The molecule has 1 aliphatic rings. The van der Waals surface area contributed by atoms with Gasteiger partial charge in [-0.05, 0) is 51.6 Å². The van der Waals surface area contributed by atoms with E-state index in [4.69, 9.17) is 0 Å². The van der Waals surface area contributed by atoms with Crippen LogP contribution in [0.15, 0.2) is 24.8 Å². The number of allylic oxidation sites excluding steroid dienone is 2. The first kappa shape index (κ1) is 12.5. The molecule has 0 bridgehead atoms. The van der Waals surface area contributed by atoms with Crippen molar-refractivity contribution < 1.29 is 0 Å². The van der Waals surface area contributed by atoms with Crippen molar-refractivity contribution in [2.75, 3.05) is 19.6 Å². The minimum Gasteiger partial charge on any atom is -0.303 e. The third kappa shape index (κ3) is 6.51. The topological polar surface area (TPSA) is 3.24 Å². The van der Waals surface area contributed by atoms with E-state index >= 15 is 0 Å². The molecule has 15 heavy (non-hydrogen) atoms. The molecule has 0 spiro atoms. The zero-order valence-corrected chi connectivity index (χ0v) is 9.96. The van der Waals surface area contributed by atoms with Crippen LogP contribution in [-0.4, -0.2) is 24.5 Å². The van der Waals surface area contributed by atoms with E-state index < -0.39 is 0 Å². The lowest BCUT2D eigenvalue weighted by molar-refractivity contribution is 0.233. The van der Waals surface area contributed by atoms with Gasteiger partial charge in [-0.25, -0.2) is 0 Å². The quantitative estimate of drug-likeness (QED) is 0.453. The number of piperidine rings is 1. The highest BCUT2D eigenvalue weighted by atomic mass is 15.1. The Morgan fingerprint density at radius 2 is 1.67 bits per heavy atom. The highest BCUT2D eigenvalue weighted by Crippen LogP contribution is 2.08. The summed E-state index contributed by atoms with van der Waals surface area (Å²) < 4.78 is 0. The van der Waals surface area contributed by atoms with E-state index in [-0.39, 0.29) is 0 Å². The van der Waals surface area contributed by atoms with Gasteiger partial charge in [0.25, 0.3) is 0 Å². The standard InChI is InChI=1S/C14H25N/c1-2-3-4-5-6-7-9-12-15-13-10-8-11-14-15/h2,6-7H,1,3-5,8-14H2/b7-6+. The van der Waals surface area contributed by atoms with E-state index in [2.05, 4.69) is 23.6 Å². The van der Waals surface area contributed by atoms with Crippen LogP contribution in [0.3, 0.4) is 0 Å². The minimum absolute atomic E-state index is 1.15. The summed E-state index contributed by atoms with van der Waals surface area (Å²) >= 11 is 0. The van der Waals surface area contributed by atoms with Crippen LogP contribution < -0.4 is 0 Å². The molecule has 1 heterocycles. The molecule has 0 aromatic heterocycles. The van der Waals surface area contributed by atoms with Crippen molar-refractivity contribution in [3.05, 3.63) is 24.8 Å². The summed E-state index contributed by atoms with van der Waals surface area (Å²) in [5.74, 6) is 0. The number of rotatable bonds is 7. The molecule has 1 aliphatic heterocycles. The van der Waals surface area contributed by atoms with Gasteiger partial charge in [-0.3, -0.25) is 0 Å². The molecule has 0 radical (unpaired) electrons. The summed E-state index contributed by atoms with van der Waals surface area (Å²) in [5, 5.41) is 0. The Labute approximate surface area is 94.9 Å². The van der Waals surface area contributed by atoms with Gasteiger partial charge >= 0.3 is 0 Å². The largest absolute Gasteiger partial charge is 0.303 e. The lowest BCUT2D eigenvalue weighted by Crippen LogP contribution is -2.30. The Morgan fingerprint density at radius 1 is 0.933 bits per heavy atom. The Kier molecular flexibility index (Phi) is 7.28. The highest BCUT2D eigenvalue weighted by Gasteiger charge is 2.07. The molecule has 1 heteroatoms. The lowest BCUT2D eigenvalue weighted by Gasteiger charge is -2.25. The highest BCUT2D eigenvalue weighted by molar-refractivity contribution is 4.83. The number of nitrogens with zero attached hydrogens (tertiary/aromatic N) is 1. The van der Waals surface area contributed by atoms with Crippen LogP contribution in [0, 0.1) is 0 Å². The molecule has 1 rings (SSSR count). The molecule has 0 amide bonds. The molecule has 0 atom stereocenters. The molecule has 0 aromatic rings. The van der Waals surface area contributed by atoms with Crippen molar-refractivity contribution in [2.45, 2.75) is 44.9 Å². The molecule has 1 nitrogen and oxygen atoms in total. The molecule has 0 aromatic carbocycles. The van der Waals surface area contributed by atoms with Crippen LogP contribution in [0.1, 0.15) is 44.9 Å². The van der Waals surface area contributed by atoms with Crippen molar-refractivity contribution in [3.63, 3.8) is 0 Å². The van der Waals surface area contributed by atoms with E-state index in [0.29, 0.717) is 0 Å². The van der Waals surface area contributed by atoms with Crippen molar-refractivity contribution in [3.8, 4) is 0 Å². The van der Waals surface area contributed by atoms with Crippen molar-refractivity contribution in [2.24, 2.45) is 0 Å². The minimum atomic E-state index is 1.15. The van der Waals surface area contributed by atoms with Crippen LogP contribution in [0.5, 0.6) is 0 Å². The fourth-order valence-corrected chi connectivity index (χ4v) is 2.06. The number of unbranched alkanes of at least 4 members (excludes halogenated alkanes) is 2. The summed E-state index contributed by atoms with van der Waals surface area (Å²) in [6.45, 7) is 7.63. The predicted molar refractivity (Wildman–Crippen MR) is 68.1 cm³/mol. The first-order chi connectivity index (χ1) is 7.43. The average molecular weight is 207 g/mol. The molecular weight excluding hydrogens is 182 g/mol. The SMILES string of the molecule is C=CCCC/C=C/CCN1CCCCC1. The molecule has 1 fully saturated rings. The summed E-state index contributed by atoms with van der Waals surface area (Å²) in [6, 6.07) is 0. The van der Waals surface area contributed by atoms with Crippen LogP contribution in [0.25, 0.3) is 0 Å². The van der Waals surface area contributed by atoms with Gasteiger partial charge in [-0.2, -0.15) is 0 Å². The third-order valence-corrected chi connectivity index (χ3v) is 3.01. The van der Waals surface area contributed by atoms with E-state index in [9.17, 15) is 0 Å². The molecule has 0 saturated carbocycles. The number of likely N-dealkylation sites (tertiary alicyclic amines) is 1. The van der Waals surface area contributed by atoms with Gasteiger partial charge in [-0.15, -0.1) is 6.58 Å². The summed E-state index contributed by atoms with van der Waals surface area (Å²) in [6.07, 6.45) is 15.8. The fraction of sp³-hybridized carbons (Fsp3) is 0.714. The van der Waals surface area contributed by atoms with Crippen molar-refractivity contribution in [1.29, 1.82) is 0 Å². The Balaban J connectivity index is 1.92. The van der Waals surface area contributed by atoms with Crippen molar-refractivity contribution >= 4 is 0 Å². The maximum absolute atomic E-state index is 3.73. The zero-order chi connectivity index (χ0) is 10.8. The Bertz CT molecular complexity index is 178. The lowest BCUT2D eigenvalue weighted by atomic mass is 10.1. The summed E-state index contributed by atoms with van der Waals surface area (Å²) in [7, 11) is 0. The third-order valence-electron chi connectivity index (χ3n) is 3.01. The van der Waals surface area contributed by atoms with E-state index in [1.807, 2.05) is 6.08 Å². The molecular formula is C14H25N. The second-order valence-electron chi connectivity index (χ2n) is 4.38. The van der Waals surface area contributed by atoms with Gasteiger partial charge in [0.1, 0.15) is 0 Å². The van der Waals surface area contributed by atoms with Crippen LogP contribution in [-0.2, 0) is 0 Å². The van der Waals surface area contributed by atoms with Gasteiger partial charge in [0.2, 0.25) is 0 Å². The first-order valence-corrected chi connectivity index (χ1v) is 6.42. The maximum Gasteiger partial charge on any atom is 0.00159 e.